The first kappa shape index (κ1) is 22.9. The van der Waals surface area contributed by atoms with Gasteiger partial charge in [-0.1, -0.05) is 58.0 Å². The second-order valence-electron chi connectivity index (χ2n) is 6.28. The topological polar surface area (TPSA) is 27.7 Å². The highest BCUT2D eigenvalue weighted by Gasteiger charge is 2.36. The van der Waals surface area contributed by atoms with E-state index in [2.05, 4.69) is 24.6 Å². The van der Waals surface area contributed by atoms with Gasteiger partial charge in [0.2, 0.25) is 0 Å². The van der Waals surface area contributed by atoms with Crippen LogP contribution >= 0.6 is 0 Å². The molecule has 0 aliphatic carbocycles. The Labute approximate surface area is 147 Å². The largest absolute Gasteiger partial charge is 0.500 e. The highest BCUT2D eigenvalue weighted by molar-refractivity contribution is 6.64. The van der Waals surface area contributed by atoms with Crippen molar-refractivity contribution in [3.05, 3.63) is 0 Å². The summed E-state index contributed by atoms with van der Waals surface area (Å²) >= 11 is 0. The molecule has 0 aromatic heterocycles. The van der Waals surface area contributed by atoms with Crippen molar-refractivity contribution in [2.24, 2.45) is 0 Å². The standard InChI is InChI=1S/C18H37O3Si2/c1-19-23(20-2,21-3)18-16-14-12-10-8-6-7-9-11-13-15-17-22(4)5/h6-14,16,18H2,1-5H3. The molecule has 0 spiro atoms. The van der Waals surface area contributed by atoms with Crippen LogP contribution in [0.2, 0.25) is 19.1 Å². The molecule has 0 heterocycles. The Hall–Kier alpha value is -0.126. The molecular formula is C18H37O3Si2. The molecule has 0 bridgehead atoms. The molecule has 0 rings (SSSR count). The predicted molar refractivity (Wildman–Crippen MR) is 103 cm³/mol. The molecule has 1 radical (unpaired) electrons. The Morgan fingerprint density at radius 1 is 0.696 bits per heavy atom. The van der Waals surface area contributed by atoms with Gasteiger partial charge in [-0.25, -0.2) is 0 Å². The lowest BCUT2D eigenvalue weighted by Crippen LogP contribution is -2.42. The molecule has 0 aliphatic rings. The van der Waals surface area contributed by atoms with E-state index in [1.807, 2.05) is 0 Å². The fourth-order valence-electron chi connectivity index (χ4n) is 2.59. The van der Waals surface area contributed by atoms with Crippen LogP contribution in [0.15, 0.2) is 0 Å². The molecule has 5 heteroatoms. The maximum absolute atomic E-state index is 5.44. The van der Waals surface area contributed by atoms with E-state index < -0.39 is 8.80 Å². The average Bonchev–Trinajstić information content (AvgIpc) is 2.56. The maximum atomic E-state index is 5.44. The zero-order valence-corrected chi connectivity index (χ0v) is 18.0. The highest BCUT2D eigenvalue weighted by atomic mass is 28.4. The van der Waals surface area contributed by atoms with Crippen molar-refractivity contribution in [1.29, 1.82) is 0 Å². The van der Waals surface area contributed by atoms with Crippen LogP contribution in [0.3, 0.4) is 0 Å². The highest BCUT2D eigenvalue weighted by Crippen LogP contribution is 2.18. The molecule has 0 aromatic carbocycles. The molecule has 0 amide bonds. The van der Waals surface area contributed by atoms with Crippen LogP contribution in [0.1, 0.15) is 64.2 Å². The SMILES string of the molecule is CO[Si](CCCCCCCCCCCC#C[Si](C)C)(OC)OC. The van der Waals surface area contributed by atoms with Gasteiger partial charge in [-0.2, -0.15) is 0 Å². The van der Waals surface area contributed by atoms with Crippen molar-refractivity contribution < 1.29 is 13.3 Å². The Kier molecular flexibility index (Phi) is 15.3. The summed E-state index contributed by atoms with van der Waals surface area (Å²) in [6, 6.07) is 0.927. The summed E-state index contributed by atoms with van der Waals surface area (Å²) in [5, 5.41) is 0. The lowest BCUT2D eigenvalue weighted by Gasteiger charge is -2.24. The van der Waals surface area contributed by atoms with Gasteiger partial charge in [0, 0.05) is 33.8 Å². The van der Waals surface area contributed by atoms with Crippen LogP contribution in [0.5, 0.6) is 0 Å². The fourth-order valence-corrected chi connectivity index (χ4v) is 4.86. The maximum Gasteiger partial charge on any atom is 0.500 e. The second-order valence-corrected chi connectivity index (χ2v) is 11.6. The number of unbranched alkanes of at least 4 members (excludes halogenated alkanes) is 9. The summed E-state index contributed by atoms with van der Waals surface area (Å²) in [6.45, 7) is 4.50. The minimum atomic E-state index is -2.33. The first-order valence-electron chi connectivity index (χ1n) is 9.04. The van der Waals surface area contributed by atoms with E-state index in [1.54, 1.807) is 21.3 Å². The van der Waals surface area contributed by atoms with E-state index in [0.29, 0.717) is 0 Å². The number of hydrogen-bond donors (Lipinski definition) is 0. The van der Waals surface area contributed by atoms with Crippen molar-refractivity contribution in [3.63, 3.8) is 0 Å². The third kappa shape index (κ3) is 12.9. The van der Waals surface area contributed by atoms with Crippen LogP contribution in [-0.4, -0.2) is 38.9 Å². The molecule has 0 aromatic rings. The van der Waals surface area contributed by atoms with E-state index in [0.717, 1.165) is 18.9 Å². The monoisotopic (exact) mass is 357 g/mol. The lowest BCUT2D eigenvalue weighted by atomic mass is 10.1. The van der Waals surface area contributed by atoms with Gasteiger partial charge in [-0.3, -0.25) is 0 Å². The molecule has 0 fully saturated rings. The Morgan fingerprint density at radius 3 is 1.57 bits per heavy atom. The minimum absolute atomic E-state index is 0.343. The fraction of sp³-hybridized carbons (Fsp3) is 0.889. The molecule has 23 heavy (non-hydrogen) atoms. The van der Waals surface area contributed by atoms with Gasteiger partial charge in [0.05, 0.1) is 0 Å². The van der Waals surface area contributed by atoms with Gasteiger partial charge < -0.3 is 13.3 Å². The summed E-state index contributed by atoms with van der Waals surface area (Å²) < 4.78 is 16.3. The van der Waals surface area contributed by atoms with E-state index >= 15 is 0 Å². The van der Waals surface area contributed by atoms with Gasteiger partial charge in [0.15, 0.2) is 0 Å². The van der Waals surface area contributed by atoms with E-state index in [9.17, 15) is 0 Å². The molecule has 135 valence electrons. The molecule has 0 saturated carbocycles. The van der Waals surface area contributed by atoms with E-state index in [4.69, 9.17) is 13.3 Å². The quantitative estimate of drug-likeness (QED) is 0.247. The molecule has 0 unspecified atom stereocenters. The minimum Gasteiger partial charge on any atom is -0.377 e. The van der Waals surface area contributed by atoms with Crippen molar-refractivity contribution in [2.75, 3.05) is 21.3 Å². The van der Waals surface area contributed by atoms with Crippen LogP contribution in [-0.2, 0) is 13.3 Å². The molecule has 0 atom stereocenters. The molecule has 0 saturated heterocycles. The number of hydrogen-bond acceptors (Lipinski definition) is 3. The van der Waals surface area contributed by atoms with Crippen LogP contribution in [0.4, 0.5) is 0 Å². The van der Waals surface area contributed by atoms with Gasteiger partial charge in [0.1, 0.15) is 8.80 Å². The van der Waals surface area contributed by atoms with Gasteiger partial charge in [0.25, 0.3) is 0 Å². The first-order valence-corrected chi connectivity index (χ1v) is 13.5. The molecule has 0 N–H and O–H groups in total. The Bertz CT molecular complexity index is 312. The van der Waals surface area contributed by atoms with Gasteiger partial charge in [-0.05, 0) is 12.8 Å². The summed E-state index contributed by atoms with van der Waals surface area (Å²) in [4.78, 5) is 0. The van der Waals surface area contributed by atoms with Crippen molar-refractivity contribution in [2.45, 2.75) is 83.3 Å². The van der Waals surface area contributed by atoms with Gasteiger partial charge in [-0.15, -0.1) is 11.5 Å². The van der Waals surface area contributed by atoms with Crippen LogP contribution < -0.4 is 0 Å². The Balaban J connectivity index is 3.36. The third-order valence-electron chi connectivity index (χ3n) is 4.06. The molecule has 0 aliphatic heterocycles. The van der Waals surface area contributed by atoms with Crippen LogP contribution in [0.25, 0.3) is 0 Å². The second kappa shape index (κ2) is 15.4. The summed E-state index contributed by atoms with van der Waals surface area (Å²) in [6.07, 6.45) is 12.9. The van der Waals surface area contributed by atoms with E-state index in [1.165, 1.54) is 51.4 Å². The van der Waals surface area contributed by atoms with Crippen molar-refractivity contribution >= 4 is 17.6 Å². The normalized spacial score (nSPS) is 11.6. The van der Waals surface area contributed by atoms with Crippen molar-refractivity contribution in [1.82, 2.24) is 0 Å². The van der Waals surface area contributed by atoms with E-state index in [-0.39, 0.29) is 8.80 Å². The smallest absolute Gasteiger partial charge is 0.377 e. The third-order valence-corrected chi connectivity index (χ3v) is 7.56. The first-order chi connectivity index (χ1) is 11.1. The predicted octanol–water partition coefficient (Wildman–Crippen LogP) is 5.06. The summed E-state index contributed by atoms with van der Waals surface area (Å²) in [5.41, 5.74) is 3.33. The Morgan fingerprint density at radius 2 is 1.13 bits per heavy atom. The molecular weight excluding hydrogens is 320 g/mol. The summed E-state index contributed by atoms with van der Waals surface area (Å²) in [5.74, 6) is 3.30. The average molecular weight is 358 g/mol. The van der Waals surface area contributed by atoms with Gasteiger partial charge >= 0.3 is 8.80 Å². The molecule has 3 nitrogen and oxygen atoms in total. The summed E-state index contributed by atoms with van der Waals surface area (Å²) in [7, 11) is 2.39. The van der Waals surface area contributed by atoms with Crippen LogP contribution in [0, 0.1) is 11.5 Å². The zero-order chi connectivity index (χ0) is 17.4. The van der Waals surface area contributed by atoms with Crippen molar-refractivity contribution in [3.8, 4) is 11.5 Å². The number of rotatable bonds is 14. The lowest BCUT2D eigenvalue weighted by molar-refractivity contribution is 0.122. The zero-order valence-electron chi connectivity index (χ0n) is 16.0.